The monoisotopic (exact) mass is 268 g/mol. The lowest BCUT2D eigenvalue weighted by molar-refractivity contribution is 1.49. The van der Waals surface area contributed by atoms with Gasteiger partial charge in [-0.3, -0.25) is 0 Å². The zero-order valence-electron chi connectivity index (χ0n) is 11.6. The first-order chi connectivity index (χ1) is 8.58. The van der Waals surface area contributed by atoms with Gasteiger partial charge in [-0.2, -0.15) is 0 Å². The molecule has 2 aromatic carbocycles. The van der Waals surface area contributed by atoms with Crippen molar-refractivity contribution in [2.75, 3.05) is 0 Å². The Morgan fingerprint density at radius 1 is 0.556 bits per heavy atom. The Labute approximate surface area is 114 Å². The van der Waals surface area contributed by atoms with E-state index in [2.05, 4.69) is 75.5 Å². The van der Waals surface area contributed by atoms with Crippen molar-refractivity contribution in [3.8, 4) is 0 Å². The van der Waals surface area contributed by atoms with Crippen LogP contribution >= 0.6 is 0 Å². The molecule has 0 saturated heterocycles. The van der Waals surface area contributed by atoms with Gasteiger partial charge >= 0.3 is 0 Å². The van der Waals surface area contributed by atoms with Gasteiger partial charge in [-0.25, -0.2) is 0 Å². The molecule has 0 atom stereocenters. The first kappa shape index (κ1) is 13.3. The second-order valence-electron chi connectivity index (χ2n) is 4.98. The Morgan fingerprint density at radius 2 is 0.833 bits per heavy atom. The van der Waals surface area contributed by atoms with Crippen LogP contribution in [0.2, 0.25) is 13.1 Å². The van der Waals surface area contributed by atoms with E-state index in [9.17, 15) is 0 Å². The van der Waals surface area contributed by atoms with Crippen LogP contribution in [0.5, 0.6) is 0 Å². The van der Waals surface area contributed by atoms with Gasteiger partial charge in [-0.15, -0.1) is 0 Å². The summed E-state index contributed by atoms with van der Waals surface area (Å²) in [5.74, 6) is 0. The van der Waals surface area contributed by atoms with E-state index in [1.165, 1.54) is 11.1 Å². The van der Waals surface area contributed by atoms with Crippen LogP contribution in [0.25, 0.3) is 0 Å². The molecule has 0 aromatic heterocycles. The summed E-state index contributed by atoms with van der Waals surface area (Å²) in [6, 6.07) is 18.3. The summed E-state index contributed by atoms with van der Waals surface area (Å²) in [5, 5.41) is 3.14. The van der Waals surface area contributed by atoms with Crippen molar-refractivity contribution >= 4 is 27.0 Å². The highest BCUT2D eigenvalue weighted by atomic mass is 29.2. The maximum absolute atomic E-state index is 2.46. The standard InChI is InChI=1S/C16H20Si2/c1-13-5-9-15(10-6-13)17(3)18(4)16-11-7-14(2)8-12-16/h5-12H,1-4H3. The molecule has 18 heavy (non-hydrogen) atoms. The Bertz CT molecular complexity index is 450. The molecule has 0 heterocycles. The predicted octanol–water partition coefficient (Wildman–Crippen LogP) is 2.75. The molecule has 0 N–H and O–H groups in total. The maximum Gasteiger partial charge on any atom is 0.0773 e. The van der Waals surface area contributed by atoms with E-state index in [0.29, 0.717) is 0 Å². The molecule has 0 amide bonds. The molecule has 92 valence electrons. The van der Waals surface area contributed by atoms with Crippen LogP contribution in [0.3, 0.4) is 0 Å². The molecule has 0 aliphatic carbocycles. The normalized spacial score (nSPS) is 11.2. The molecule has 0 bridgehead atoms. The molecule has 0 spiro atoms. The molecule has 0 saturated carbocycles. The molecule has 0 aliphatic heterocycles. The average molecular weight is 269 g/mol. The maximum atomic E-state index is 2.46. The highest BCUT2D eigenvalue weighted by molar-refractivity contribution is 7.32. The highest BCUT2D eigenvalue weighted by Gasteiger charge is 2.19. The van der Waals surface area contributed by atoms with Gasteiger partial charge in [-0.1, -0.05) is 83.1 Å². The Balaban J connectivity index is 2.20. The molecule has 0 aliphatic rings. The van der Waals surface area contributed by atoms with E-state index in [4.69, 9.17) is 0 Å². The quantitative estimate of drug-likeness (QED) is 0.751. The number of benzene rings is 2. The predicted molar refractivity (Wildman–Crippen MR) is 84.9 cm³/mol. The van der Waals surface area contributed by atoms with E-state index < -0.39 is 16.6 Å². The average Bonchev–Trinajstić information content (AvgIpc) is 2.39. The summed E-state index contributed by atoms with van der Waals surface area (Å²) in [4.78, 5) is 0. The van der Waals surface area contributed by atoms with Crippen LogP contribution < -0.4 is 10.4 Å². The molecular weight excluding hydrogens is 248 g/mol. The lowest BCUT2D eigenvalue weighted by atomic mass is 10.2. The Hall–Kier alpha value is -1.13. The summed E-state index contributed by atoms with van der Waals surface area (Å²) in [6.07, 6.45) is 0. The van der Waals surface area contributed by atoms with E-state index in [1.807, 2.05) is 0 Å². The number of hydrogen-bond donors (Lipinski definition) is 0. The van der Waals surface area contributed by atoms with Gasteiger partial charge in [0.05, 0.1) is 16.6 Å². The van der Waals surface area contributed by atoms with Gasteiger partial charge in [0.15, 0.2) is 0 Å². The van der Waals surface area contributed by atoms with Gasteiger partial charge in [0.2, 0.25) is 0 Å². The van der Waals surface area contributed by atoms with E-state index >= 15 is 0 Å². The van der Waals surface area contributed by atoms with Crippen LogP contribution in [0.1, 0.15) is 11.1 Å². The summed E-state index contributed by atoms with van der Waals surface area (Å²) >= 11 is 0. The van der Waals surface area contributed by atoms with Crippen LogP contribution in [0.15, 0.2) is 48.5 Å². The fourth-order valence-electron chi connectivity index (χ4n) is 2.04. The SMILES string of the molecule is Cc1ccc([Si](C)[Si](C)c2ccc(C)cc2)cc1. The van der Waals surface area contributed by atoms with Crippen LogP contribution in [-0.2, 0) is 0 Å². The summed E-state index contributed by atoms with van der Waals surface area (Å²) in [7, 11) is -0.849. The lowest BCUT2D eigenvalue weighted by Gasteiger charge is -2.18. The van der Waals surface area contributed by atoms with Crippen molar-refractivity contribution in [3.05, 3.63) is 59.7 Å². The van der Waals surface area contributed by atoms with Crippen molar-refractivity contribution < 1.29 is 0 Å². The molecule has 0 fully saturated rings. The first-order valence-corrected chi connectivity index (χ1v) is 11.4. The van der Waals surface area contributed by atoms with E-state index in [1.54, 1.807) is 10.4 Å². The van der Waals surface area contributed by atoms with E-state index in [0.717, 1.165) is 0 Å². The highest BCUT2D eigenvalue weighted by Crippen LogP contribution is 2.00. The third-order valence-corrected chi connectivity index (χ3v) is 12.2. The number of aryl methyl sites for hydroxylation is 2. The number of rotatable bonds is 3. The lowest BCUT2D eigenvalue weighted by Crippen LogP contribution is -2.48. The Kier molecular flexibility index (Phi) is 4.20. The summed E-state index contributed by atoms with van der Waals surface area (Å²) < 4.78 is 0. The first-order valence-electron chi connectivity index (χ1n) is 6.39. The molecule has 2 heteroatoms. The second kappa shape index (κ2) is 5.68. The van der Waals surface area contributed by atoms with Crippen molar-refractivity contribution in [2.45, 2.75) is 26.9 Å². The fraction of sp³-hybridized carbons (Fsp3) is 0.250. The van der Waals surface area contributed by atoms with Crippen molar-refractivity contribution in [3.63, 3.8) is 0 Å². The van der Waals surface area contributed by atoms with Crippen molar-refractivity contribution in [2.24, 2.45) is 0 Å². The Morgan fingerprint density at radius 3 is 1.11 bits per heavy atom. The summed E-state index contributed by atoms with van der Waals surface area (Å²) in [5.41, 5.74) is 2.71. The van der Waals surface area contributed by atoms with Crippen LogP contribution in [0.4, 0.5) is 0 Å². The smallest absolute Gasteiger partial charge is 0.0688 e. The molecule has 2 aromatic rings. The minimum absolute atomic E-state index is 0.425. The van der Waals surface area contributed by atoms with Gasteiger partial charge in [-0.05, 0) is 13.8 Å². The third kappa shape index (κ3) is 3.00. The van der Waals surface area contributed by atoms with E-state index in [-0.39, 0.29) is 0 Å². The second-order valence-corrected chi connectivity index (χ2v) is 13.1. The largest absolute Gasteiger partial charge is 0.0773 e. The fourth-order valence-corrected chi connectivity index (χ4v) is 7.84. The van der Waals surface area contributed by atoms with Crippen molar-refractivity contribution in [1.82, 2.24) is 0 Å². The third-order valence-electron chi connectivity index (χ3n) is 3.53. The van der Waals surface area contributed by atoms with Gasteiger partial charge in [0.1, 0.15) is 0 Å². The zero-order valence-corrected chi connectivity index (χ0v) is 13.6. The van der Waals surface area contributed by atoms with Gasteiger partial charge in [0.25, 0.3) is 0 Å². The number of hydrogen-bond acceptors (Lipinski definition) is 0. The molecule has 0 nitrogen and oxygen atoms in total. The molecular formula is C16H20Si2. The van der Waals surface area contributed by atoms with Gasteiger partial charge in [0, 0.05) is 0 Å². The minimum atomic E-state index is -0.425. The topological polar surface area (TPSA) is 0 Å². The minimum Gasteiger partial charge on any atom is -0.0688 e. The van der Waals surface area contributed by atoms with Gasteiger partial charge < -0.3 is 0 Å². The molecule has 2 radical (unpaired) electrons. The zero-order chi connectivity index (χ0) is 13.1. The van der Waals surface area contributed by atoms with Crippen LogP contribution in [0, 0.1) is 13.8 Å². The molecule has 2 rings (SSSR count). The summed E-state index contributed by atoms with van der Waals surface area (Å²) in [6.45, 7) is 9.24. The van der Waals surface area contributed by atoms with Crippen LogP contribution in [-0.4, -0.2) is 16.6 Å². The molecule has 0 unspecified atom stereocenters. The van der Waals surface area contributed by atoms with Crippen molar-refractivity contribution in [1.29, 1.82) is 0 Å².